The van der Waals surface area contributed by atoms with Crippen LogP contribution in [0.15, 0.2) is 12.1 Å². The summed E-state index contributed by atoms with van der Waals surface area (Å²) in [6.07, 6.45) is 6.51. The number of rotatable bonds is 5. The molecular formula is C16H27N3O. The Morgan fingerprint density at radius 3 is 2.90 bits per heavy atom. The van der Waals surface area contributed by atoms with E-state index in [1.165, 1.54) is 32.1 Å². The van der Waals surface area contributed by atoms with E-state index in [4.69, 9.17) is 10.5 Å². The molecule has 1 aliphatic rings. The lowest BCUT2D eigenvalue weighted by atomic mass is 9.96. The molecule has 4 heteroatoms. The Morgan fingerprint density at radius 2 is 2.15 bits per heavy atom. The molecule has 0 saturated carbocycles. The van der Waals surface area contributed by atoms with E-state index in [0.29, 0.717) is 18.2 Å². The van der Waals surface area contributed by atoms with Crippen molar-refractivity contribution in [2.75, 3.05) is 30.3 Å². The molecule has 0 radical (unpaired) electrons. The molecule has 1 aromatic rings. The van der Waals surface area contributed by atoms with Gasteiger partial charge in [0.15, 0.2) is 0 Å². The van der Waals surface area contributed by atoms with Crippen molar-refractivity contribution in [3.8, 4) is 5.88 Å². The second kappa shape index (κ2) is 7.36. The van der Waals surface area contributed by atoms with Crippen LogP contribution in [-0.2, 0) is 0 Å². The number of hydrogen-bond donors (Lipinski definition) is 1. The van der Waals surface area contributed by atoms with Gasteiger partial charge in [-0.05, 0) is 44.2 Å². The molecule has 1 aliphatic heterocycles. The van der Waals surface area contributed by atoms with Crippen LogP contribution < -0.4 is 15.4 Å². The van der Waals surface area contributed by atoms with E-state index >= 15 is 0 Å². The van der Waals surface area contributed by atoms with E-state index in [1.54, 1.807) is 0 Å². The molecule has 4 nitrogen and oxygen atoms in total. The maximum atomic E-state index is 5.89. The average molecular weight is 277 g/mol. The van der Waals surface area contributed by atoms with Gasteiger partial charge in [-0.15, -0.1) is 0 Å². The standard InChI is InChI=1S/C16H27N3O/c1-3-6-13-7-5-11-19(12-10-13)15-9-8-14(17)16(18-15)20-4-2/h8-9,13H,3-7,10-12,17H2,1-2H3. The molecule has 0 amide bonds. The van der Waals surface area contributed by atoms with Crippen molar-refractivity contribution < 1.29 is 4.74 Å². The lowest BCUT2D eigenvalue weighted by molar-refractivity contribution is 0.329. The topological polar surface area (TPSA) is 51.4 Å². The molecule has 1 unspecified atom stereocenters. The maximum Gasteiger partial charge on any atom is 0.239 e. The highest BCUT2D eigenvalue weighted by Crippen LogP contribution is 2.27. The molecule has 1 fully saturated rings. The van der Waals surface area contributed by atoms with Gasteiger partial charge in [0.1, 0.15) is 5.82 Å². The lowest BCUT2D eigenvalue weighted by Gasteiger charge is -2.22. The number of hydrogen-bond acceptors (Lipinski definition) is 4. The highest BCUT2D eigenvalue weighted by atomic mass is 16.5. The van der Waals surface area contributed by atoms with Crippen molar-refractivity contribution in [3.63, 3.8) is 0 Å². The smallest absolute Gasteiger partial charge is 0.239 e. The Balaban J connectivity index is 2.05. The molecule has 1 saturated heterocycles. The molecule has 112 valence electrons. The van der Waals surface area contributed by atoms with E-state index in [0.717, 1.165) is 24.8 Å². The molecule has 0 spiro atoms. The summed E-state index contributed by atoms with van der Waals surface area (Å²) in [5.74, 6) is 2.45. The molecule has 1 aromatic heterocycles. The highest BCUT2D eigenvalue weighted by Gasteiger charge is 2.18. The second-order valence-electron chi connectivity index (χ2n) is 5.57. The van der Waals surface area contributed by atoms with Gasteiger partial charge in [-0.2, -0.15) is 4.98 Å². The minimum absolute atomic E-state index is 0.569. The number of ether oxygens (including phenoxy) is 1. The van der Waals surface area contributed by atoms with Gasteiger partial charge in [-0.3, -0.25) is 0 Å². The van der Waals surface area contributed by atoms with Gasteiger partial charge in [0.25, 0.3) is 0 Å². The van der Waals surface area contributed by atoms with Gasteiger partial charge >= 0.3 is 0 Å². The molecule has 2 heterocycles. The van der Waals surface area contributed by atoms with Crippen LogP contribution in [0, 0.1) is 5.92 Å². The Labute approximate surface area is 122 Å². The first-order valence-electron chi connectivity index (χ1n) is 7.88. The van der Waals surface area contributed by atoms with E-state index in [1.807, 2.05) is 19.1 Å². The summed E-state index contributed by atoms with van der Waals surface area (Å²) < 4.78 is 5.50. The summed E-state index contributed by atoms with van der Waals surface area (Å²) in [6.45, 7) is 7.00. The maximum absolute atomic E-state index is 5.89. The van der Waals surface area contributed by atoms with E-state index in [-0.39, 0.29) is 0 Å². The third-order valence-electron chi connectivity index (χ3n) is 4.02. The monoisotopic (exact) mass is 277 g/mol. The first-order valence-corrected chi connectivity index (χ1v) is 7.88. The fourth-order valence-electron chi connectivity index (χ4n) is 2.96. The Hall–Kier alpha value is -1.45. The quantitative estimate of drug-likeness (QED) is 0.895. The normalized spacial score (nSPS) is 19.7. The molecule has 0 aliphatic carbocycles. The van der Waals surface area contributed by atoms with Gasteiger partial charge in [0.2, 0.25) is 5.88 Å². The van der Waals surface area contributed by atoms with Crippen LogP contribution in [0.4, 0.5) is 11.5 Å². The van der Waals surface area contributed by atoms with Crippen molar-refractivity contribution in [1.82, 2.24) is 4.98 Å². The number of aromatic nitrogens is 1. The van der Waals surface area contributed by atoms with Crippen LogP contribution in [0.1, 0.15) is 46.0 Å². The van der Waals surface area contributed by atoms with Gasteiger partial charge < -0.3 is 15.4 Å². The molecule has 1 atom stereocenters. The van der Waals surface area contributed by atoms with E-state index in [2.05, 4.69) is 16.8 Å². The summed E-state index contributed by atoms with van der Waals surface area (Å²) in [6, 6.07) is 3.92. The van der Waals surface area contributed by atoms with Gasteiger partial charge in [-0.25, -0.2) is 0 Å². The largest absolute Gasteiger partial charge is 0.476 e. The highest BCUT2D eigenvalue weighted by molar-refractivity contribution is 5.54. The zero-order valence-electron chi connectivity index (χ0n) is 12.8. The van der Waals surface area contributed by atoms with Crippen molar-refractivity contribution in [2.45, 2.75) is 46.0 Å². The SMILES string of the molecule is CCCC1CCCN(c2ccc(N)c(OCC)n2)CC1. The van der Waals surface area contributed by atoms with Gasteiger partial charge in [-0.1, -0.05) is 19.8 Å². The van der Waals surface area contributed by atoms with Crippen LogP contribution in [0.5, 0.6) is 5.88 Å². The Kier molecular flexibility index (Phi) is 5.50. The van der Waals surface area contributed by atoms with Crippen molar-refractivity contribution in [2.24, 2.45) is 5.92 Å². The predicted molar refractivity (Wildman–Crippen MR) is 84.3 cm³/mol. The summed E-state index contributed by atoms with van der Waals surface area (Å²) in [7, 11) is 0. The third-order valence-corrected chi connectivity index (χ3v) is 4.02. The van der Waals surface area contributed by atoms with Gasteiger partial charge in [0.05, 0.1) is 12.3 Å². The van der Waals surface area contributed by atoms with Crippen LogP contribution in [-0.4, -0.2) is 24.7 Å². The first kappa shape index (κ1) is 14.9. The molecule has 0 aromatic carbocycles. The van der Waals surface area contributed by atoms with E-state index in [9.17, 15) is 0 Å². The molecule has 2 N–H and O–H groups in total. The van der Waals surface area contributed by atoms with Crippen molar-refractivity contribution >= 4 is 11.5 Å². The predicted octanol–water partition coefficient (Wildman–Crippen LogP) is 3.47. The molecule has 20 heavy (non-hydrogen) atoms. The minimum Gasteiger partial charge on any atom is -0.476 e. The number of pyridine rings is 1. The summed E-state index contributed by atoms with van der Waals surface area (Å²) in [5.41, 5.74) is 6.51. The summed E-state index contributed by atoms with van der Waals surface area (Å²) in [4.78, 5) is 6.95. The van der Waals surface area contributed by atoms with Gasteiger partial charge in [0, 0.05) is 13.1 Å². The molecular weight excluding hydrogens is 250 g/mol. The minimum atomic E-state index is 0.569. The van der Waals surface area contributed by atoms with E-state index < -0.39 is 0 Å². The number of anilines is 2. The second-order valence-corrected chi connectivity index (χ2v) is 5.57. The van der Waals surface area contributed by atoms with Crippen LogP contribution >= 0.6 is 0 Å². The van der Waals surface area contributed by atoms with Crippen LogP contribution in [0.25, 0.3) is 0 Å². The average Bonchev–Trinajstić information content (AvgIpc) is 2.68. The molecule has 2 rings (SSSR count). The van der Waals surface area contributed by atoms with Crippen molar-refractivity contribution in [1.29, 1.82) is 0 Å². The Bertz CT molecular complexity index is 422. The first-order chi connectivity index (χ1) is 9.74. The number of nitrogens with zero attached hydrogens (tertiary/aromatic N) is 2. The zero-order valence-corrected chi connectivity index (χ0v) is 12.8. The lowest BCUT2D eigenvalue weighted by Crippen LogP contribution is -2.25. The Morgan fingerprint density at radius 1 is 1.30 bits per heavy atom. The fourth-order valence-corrected chi connectivity index (χ4v) is 2.96. The van der Waals surface area contributed by atoms with Crippen LogP contribution in [0.2, 0.25) is 0 Å². The fraction of sp³-hybridized carbons (Fsp3) is 0.688. The summed E-state index contributed by atoms with van der Waals surface area (Å²) in [5, 5.41) is 0. The van der Waals surface area contributed by atoms with Crippen molar-refractivity contribution in [3.05, 3.63) is 12.1 Å². The number of nitrogen functional groups attached to an aromatic ring is 1. The number of nitrogens with two attached hydrogens (primary N) is 1. The van der Waals surface area contributed by atoms with Crippen LogP contribution in [0.3, 0.4) is 0 Å². The third kappa shape index (κ3) is 3.78. The summed E-state index contributed by atoms with van der Waals surface area (Å²) >= 11 is 0. The molecule has 0 bridgehead atoms. The zero-order chi connectivity index (χ0) is 14.4.